The fraction of sp³-hybridized carbons (Fsp3) is 0.294. The van der Waals surface area contributed by atoms with Crippen LogP contribution in [0.25, 0.3) is 0 Å². The quantitative estimate of drug-likeness (QED) is 0.807. The van der Waals surface area contributed by atoms with Gasteiger partial charge in [0, 0.05) is 22.0 Å². The van der Waals surface area contributed by atoms with Crippen molar-refractivity contribution in [2.24, 2.45) is 0 Å². The first kappa shape index (κ1) is 14.1. The number of piperidine rings is 1. The van der Waals surface area contributed by atoms with Crippen LogP contribution in [0.2, 0.25) is 5.02 Å². The Kier molecular flexibility index (Phi) is 4.45. The van der Waals surface area contributed by atoms with E-state index in [1.54, 1.807) is 0 Å². The highest BCUT2D eigenvalue weighted by atomic mass is 79.9. The number of halogens is 2. The molecule has 3 rings (SSSR count). The molecule has 1 aliphatic heterocycles. The summed E-state index contributed by atoms with van der Waals surface area (Å²) in [5, 5.41) is 4.33. The van der Waals surface area contributed by atoms with Crippen LogP contribution in [0.1, 0.15) is 29.4 Å². The molecule has 0 radical (unpaired) electrons. The molecule has 1 saturated heterocycles. The summed E-state index contributed by atoms with van der Waals surface area (Å²) in [6, 6.07) is 17.0. The van der Waals surface area contributed by atoms with Crippen LogP contribution in [0, 0.1) is 0 Å². The van der Waals surface area contributed by atoms with Crippen molar-refractivity contribution in [3.63, 3.8) is 0 Å². The predicted octanol–water partition coefficient (Wildman–Crippen LogP) is 4.96. The van der Waals surface area contributed by atoms with Crippen LogP contribution in [0.3, 0.4) is 0 Å². The summed E-state index contributed by atoms with van der Waals surface area (Å²) >= 11 is 9.73. The van der Waals surface area contributed by atoms with E-state index in [1.807, 2.05) is 12.1 Å². The van der Waals surface area contributed by atoms with Crippen LogP contribution < -0.4 is 5.32 Å². The largest absolute Gasteiger partial charge is 0.316 e. The lowest BCUT2D eigenvalue weighted by Gasteiger charge is -2.33. The van der Waals surface area contributed by atoms with Gasteiger partial charge in [-0.15, -0.1) is 0 Å². The van der Waals surface area contributed by atoms with Gasteiger partial charge in [0.2, 0.25) is 0 Å². The van der Waals surface area contributed by atoms with Crippen LogP contribution in [0.15, 0.2) is 53.0 Å². The minimum atomic E-state index is 0.483. The van der Waals surface area contributed by atoms with E-state index in [4.69, 9.17) is 11.6 Å². The summed E-state index contributed by atoms with van der Waals surface area (Å²) < 4.78 is 1.15. The molecule has 1 heterocycles. The van der Waals surface area contributed by atoms with Crippen molar-refractivity contribution in [3.8, 4) is 0 Å². The Bertz CT molecular complexity index is 546. The molecule has 2 unspecified atom stereocenters. The third kappa shape index (κ3) is 3.08. The standard InChI is InChI=1S/C17H17BrClN/c18-14-5-1-3-12(9-14)16-7-8-20-11-17(16)13-4-2-6-15(19)10-13/h1-6,9-10,16-17,20H,7-8,11H2. The molecule has 0 saturated carbocycles. The fourth-order valence-electron chi connectivity index (χ4n) is 3.08. The van der Waals surface area contributed by atoms with E-state index in [0.717, 1.165) is 29.0 Å². The molecule has 0 aromatic heterocycles. The van der Waals surface area contributed by atoms with Crippen LogP contribution in [0.5, 0.6) is 0 Å². The normalized spacial score (nSPS) is 22.7. The van der Waals surface area contributed by atoms with Gasteiger partial charge in [0.1, 0.15) is 0 Å². The summed E-state index contributed by atoms with van der Waals surface area (Å²) in [7, 11) is 0. The Morgan fingerprint density at radius 3 is 2.50 bits per heavy atom. The molecule has 1 fully saturated rings. The highest BCUT2D eigenvalue weighted by Gasteiger charge is 2.27. The molecule has 3 heteroatoms. The topological polar surface area (TPSA) is 12.0 Å². The number of hydrogen-bond acceptors (Lipinski definition) is 1. The molecule has 1 nitrogen and oxygen atoms in total. The lowest BCUT2D eigenvalue weighted by atomic mass is 9.77. The second-order valence-corrected chi connectivity index (χ2v) is 6.67. The Balaban J connectivity index is 1.95. The summed E-state index contributed by atoms with van der Waals surface area (Å²) in [6.07, 6.45) is 1.16. The highest BCUT2D eigenvalue weighted by molar-refractivity contribution is 9.10. The first-order valence-electron chi connectivity index (χ1n) is 6.95. The summed E-state index contributed by atoms with van der Waals surface area (Å²) in [5.41, 5.74) is 2.74. The van der Waals surface area contributed by atoms with Crippen LogP contribution in [-0.2, 0) is 0 Å². The fourth-order valence-corrected chi connectivity index (χ4v) is 3.70. The molecule has 20 heavy (non-hydrogen) atoms. The summed E-state index contributed by atoms with van der Waals surface area (Å²) in [5.74, 6) is 1.03. The molecule has 1 N–H and O–H groups in total. The van der Waals surface area contributed by atoms with Crippen molar-refractivity contribution < 1.29 is 0 Å². The first-order chi connectivity index (χ1) is 9.74. The van der Waals surface area contributed by atoms with Gasteiger partial charge in [0.15, 0.2) is 0 Å². The molecule has 0 aliphatic carbocycles. The van der Waals surface area contributed by atoms with E-state index in [0.29, 0.717) is 11.8 Å². The minimum Gasteiger partial charge on any atom is -0.316 e. The molecule has 2 aromatic carbocycles. The Labute approximate surface area is 133 Å². The van der Waals surface area contributed by atoms with Crippen molar-refractivity contribution in [1.82, 2.24) is 5.32 Å². The molecule has 2 atom stereocenters. The van der Waals surface area contributed by atoms with Crippen molar-refractivity contribution >= 4 is 27.5 Å². The van der Waals surface area contributed by atoms with Gasteiger partial charge in [0.25, 0.3) is 0 Å². The van der Waals surface area contributed by atoms with Gasteiger partial charge in [-0.05, 0) is 54.3 Å². The van der Waals surface area contributed by atoms with Crippen LogP contribution >= 0.6 is 27.5 Å². The van der Waals surface area contributed by atoms with E-state index in [1.165, 1.54) is 11.1 Å². The molecule has 2 aromatic rings. The van der Waals surface area contributed by atoms with E-state index in [-0.39, 0.29) is 0 Å². The molecular weight excluding hydrogens is 334 g/mol. The Morgan fingerprint density at radius 2 is 1.75 bits per heavy atom. The zero-order valence-electron chi connectivity index (χ0n) is 11.2. The average Bonchev–Trinajstić information content (AvgIpc) is 2.47. The van der Waals surface area contributed by atoms with Gasteiger partial charge in [-0.3, -0.25) is 0 Å². The monoisotopic (exact) mass is 349 g/mol. The van der Waals surface area contributed by atoms with E-state index in [2.05, 4.69) is 57.6 Å². The van der Waals surface area contributed by atoms with E-state index >= 15 is 0 Å². The maximum atomic E-state index is 6.16. The minimum absolute atomic E-state index is 0.483. The number of nitrogens with one attached hydrogen (secondary N) is 1. The lowest BCUT2D eigenvalue weighted by molar-refractivity contribution is 0.404. The van der Waals surface area contributed by atoms with Gasteiger partial charge < -0.3 is 5.32 Å². The molecular formula is C17H17BrClN. The van der Waals surface area contributed by atoms with Crippen molar-refractivity contribution in [2.45, 2.75) is 18.3 Å². The Morgan fingerprint density at radius 1 is 1.00 bits per heavy atom. The van der Waals surface area contributed by atoms with Crippen molar-refractivity contribution in [3.05, 3.63) is 69.2 Å². The van der Waals surface area contributed by atoms with Gasteiger partial charge in [-0.2, -0.15) is 0 Å². The second-order valence-electron chi connectivity index (χ2n) is 5.32. The smallest absolute Gasteiger partial charge is 0.0408 e. The predicted molar refractivity (Wildman–Crippen MR) is 88.6 cm³/mol. The third-order valence-corrected chi connectivity index (χ3v) is 4.76. The van der Waals surface area contributed by atoms with Crippen molar-refractivity contribution in [1.29, 1.82) is 0 Å². The zero-order chi connectivity index (χ0) is 13.9. The maximum Gasteiger partial charge on any atom is 0.0408 e. The highest BCUT2D eigenvalue weighted by Crippen LogP contribution is 2.38. The Hall–Kier alpha value is -0.830. The summed E-state index contributed by atoms with van der Waals surface area (Å²) in [4.78, 5) is 0. The van der Waals surface area contributed by atoms with Gasteiger partial charge >= 0.3 is 0 Å². The van der Waals surface area contributed by atoms with Crippen molar-refractivity contribution in [2.75, 3.05) is 13.1 Å². The molecule has 1 aliphatic rings. The molecule has 0 amide bonds. The average molecular weight is 351 g/mol. The van der Waals surface area contributed by atoms with Gasteiger partial charge in [0.05, 0.1) is 0 Å². The van der Waals surface area contributed by atoms with E-state index < -0.39 is 0 Å². The molecule has 0 spiro atoms. The molecule has 104 valence electrons. The molecule has 0 bridgehead atoms. The lowest BCUT2D eigenvalue weighted by Crippen LogP contribution is -2.34. The maximum absolute atomic E-state index is 6.16. The first-order valence-corrected chi connectivity index (χ1v) is 8.13. The van der Waals surface area contributed by atoms with Gasteiger partial charge in [-0.1, -0.05) is 51.8 Å². The number of rotatable bonds is 2. The zero-order valence-corrected chi connectivity index (χ0v) is 13.5. The number of hydrogen-bond donors (Lipinski definition) is 1. The van der Waals surface area contributed by atoms with Crippen LogP contribution in [-0.4, -0.2) is 13.1 Å². The SMILES string of the molecule is Clc1cccc(C2CNCCC2c2cccc(Br)c2)c1. The summed E-state index contributed by atoms with van der Waals surface area (Å²) in [6.45, 7) is 2.09. The third-order valence-electron chi connectivity index (χ3n) is 4.04. The number of benzene rings is 2. The van der Waals surface area contributed by atoms with Crippen LogP contribution in [0.4, 0.5) is 0 Å². The second kappa shape index (κ2) is 6.30. The van der Waals surface area contributed by atoms with Gasteiger partial charge in [-0.25, -0.2) is 0 Å². The van der Waals surface area contributed by atoms with E-state index in [9.17, 15) is 0 Å².